The number of rotatable bonds is 5. The monoisotopic (exact) mass is 171 g/mol. The van der Waals surface area contributed by atoms with Crippen LogP contribution < -0.4 is 5.06 Å². The second-order valence-electron chi connectivity index (χ2n) is 3.44. The van der Waals surface area contributed by atoms with Crippen LogP contribution in [0.3, 0.4) is 0 Å². The molecule has 0 aliphatic carbocycles. The molecule has 0 radical (unpaired) electrons. The van der Waals surface area contributed by atoms with Gasteiger partial charge in [0.25, 0.3) is 0 Å². The number of nitriles is 1. The maximum Gasteiger partial charge on any atom is 0.134 e. The van der Waals surface area contributed by atoms with E-state index in [4.69, 9.17) is 10.1 Å². The molecule has 0 aliphatic rings. The third kappa shape index (κ3) is 4.32. The molecule has 0 aromatic heterocycles. The van der Waals surface area contributed by atoms with Crippen LogP contribution in [0, 0.1) is 11.3 Å². The summed E-state index contributed by atoms with van der Waals surface area (Å²) in [5.74, 6) is 0. The summed E-state index contributed by atoms with van der Waals surface area (Å²) in [5, 5.41) is 9.60. The third-order valence-corrected chi connectivity index (χ3v) is 1.71. The van der Waals surface area contributed by atoms with Crippen molar-refractivity contribution in [1.82, 2.24) is 0 Å². The molecule has 0 rings (SSSR count). The Labute approximate surface area is 74.9 Å². The summed E-state index contributed by atoms with van der Waals surface area (Å²) in [6.07, 6.45) is 0.441. The fraction of sp³-hybridized carbons (Fsp3) is 0.889. The van der Waals surface area contributed by atoms with Crippen molar-refractivity contribution in [3.63, 3.8) is 0 Å². The van der Waals surface area contributed by atoms with Crippen molar-refractivity contribution in [2.24, 2.45) is 0 Å². The van der Waals surface area contributed by atoms with E-state index < -0.39 is 0 Å². The first-order valence-electron chi connectivity index (χ1n) is 4.46. The van der Waals surface area contributed by atoms with E-state index in [1.54, 1.807) is 0 Å². The van der Waals surface area contributed by atoms with Crippen LogP contribution in [0.15, 0.2) is 0 Å². The molecule has 0 amide bonds. The van der Waals surface area contributed by atoms with Gasteiger partial charge in [-0.1, -0.05) is 0 Å². The van der Waals surface area contributed by atoms with Crippen LogP contribution in [0.2, 0.25) is 0 Å². The fourth-order valence-electron chi connectivity index (χ4n) is 1.01. The third-order valence-electron chi connectivity index (χ3n) is 1.71. The molecule has 0 unspecified atom stereocenters. The van der Waals surface area contributed by atoms with Crippen LogP contribution in [-0.4, -0.2) is 18.7 Å². The van der Waals surface area contributed by atoms with Crippen LogP contribution >= 0.6 is 0 Å². The van der Waals surface area contributed by atoms with Crippen LogP contribution in [0.1, 0.15) is 34.1 Å². The molecule has 3 heteroatoms. The molecule has 0 heterocycles. The Kier molecular flexibility index (Phi) is 4.87. The summed E-state index contributed by atoms with van der Waals surface area (Å²) in [5.41, 5.74) is -0.323. The van der Waals surface area contributed by atoms with E-state index >= 15 is 0 Å². The zero-order valence-corrected chi connectivity index (χ0v) is 8.48. The minimum atomic E-state index is -0.323. The van der Waals surface area contributed by atoms with Gasteiger partial charge in [-0.15, -0.1) is 0 Å². The second kappa shape index (κ2) is 5.13. The Morgan fingerprint density at radius 1 is 1.33 bits per heavy atom. The summed E-state index contributed by atoms with van der Waals surface area (Å²) in [7, 11) is 0. The van der Waals surface area contributed by atoms with E-state index in [0.29, 0.717) is 6.42 Å². The van der Waals surface area contributed by atoms with Crippen LogP contribution in [0.5, 0.6) is 0 Å². The topological polar surface area (TPSA) is 37.5 Å². The molecule has 0 saturated carbocycles. The van der Waals surface area contributed by atoms with Crippen LogP contribution in [0.25, 0.3) is 0 Å². The lowest BCUT2D eigenvalue weighted by atomic mass is 10.1. The number of nitrogens with zero attached hydrogens (tertiary/aromatic N) is 1. The Morgan fingerprint density at radius 2 is 1.83 bits per heavy atom. The number of quaternary nitrogens is 1. The van der Waals surface area contributed by atoms with Gasteiger partial charge in [0.1, 0.15) is 18.7 Å². The van der Waals surface area contributed by atoms with E-state index in [1.165, 1.54) is 0 Å². The SMILES string of the molecule is CC[NH+](CC)OC(C)(C)CC#N. The maximum atomic E-state index is 8.52. The summed E-state index contributed by atoms with van der Waals surface area (Å²) in [6.45, 7) is 9.91. The average Bonchev–Trinajstić information content (AvgIpc) is 2.00. The minimum absolute atomic E-state index is 0.323. The minimum Gasteiger partial charge on any atom is -0.198 e. The van der Waals surface area contributed by atoms with Crippen molar-refractivity contribution in [3.8, 4) is 6.07 Å². The summed E-state index contributed by atoms with van der Waals surface area (Å²) >= 11 is 0. The number of hydrogen-bond acceptors (Lipinski definition) is 2. The van der Waals surface area contributed by atoms with Gasteiger partial charge in [-0.25, -0.2) is 0 Å². The normalized spacial score (nSPS) is 11.7. The van der Waals surface area contributed by atoms with Crippen LogP contribution in [-0.2, 0) is 4.84 Å². The van der Waals surface area contributed by atoms with Crippen molar-refractivity contribution in [2.45, 2.75) is 39.7 Å². The molecule has 0 aromatic carbocycles. The second-order valence-corrected chi connectivity index (χ2v) is 3.44. The lowest BCUT2D eigenvalue weighted by molar-refractivity contribution is -1.10. The Balaban J connectivity index is 3.95. The van der Waals surface area contributed by atoms with Crippen molar-refractivity contribution in [3.05, 3.63) is 0 Å². The summed E-state index contributed by atoms with van der Waals surface area (Å²) in [4.78, 5) is 5.67. The molecule has 0 atom stereocenters. The highest BCUT2D eigenvalue weighted by Crippen LogP contribution is 2.09. The van der Waals surface area contributed by atoms with E-state index in [-0.39, 0.29) is 5.60 Å². The van der Waals surface area contributed by atoms with Crippen molar-refractivity contribution in [2.75, 3.05) is 13.1 Å². The largest absolute Gasteiger partial charge is 0.198 e. The molecule has 0 spiro atoms. The predicted molar refractivity (Wildman–Crippen MR) is 47.4 cm³/mol. The van der Waals surface area contributed by atoms with E-state index in [2.05, 4.69) is 19.9 Å². The Hall–Kier alpha value is -0.590. The molecule has 70 valence electrons. The quantitative estimate of drug-likeness (QED) is 0.613. The fourth-order valence-corrected chi connectivity index (χ4v) is 1.01. The molecule has 0 fully saturated rings. The van der Waals surface area contributed by atoms with Gasteiger partial charge in [0.15, 0.2) is 0 Å². The molecular formula is C9H19N2O+. The molecular weight excluding hydrogens is 152 g/mol. The first-order chi connectivity index (χ1) is 5.55. The molecule has 0 saturated heterocycles. The first-order valence-corrected chi connectivity index (χ1v) is 4.46. The maximum absolute atomic E-state index is 8.52. The van der Waals surface area contributed by atoms with Gasteiger partial charge in [0.05, 0.1) is 12.5 Å². The van der Waals surface area contributed by atoms with E-state index in [1.807, 2.05) is 13.8 Å². The number of hydroxylamine groups is 2. The highest BCUT2D eigenvalue weighted by Gasteiger charge is 2.24. The zero-order valence-electron chi connectivity index (χ0n) is 8.48. The van der Waals surface area contributed by atoms with Crippen LogP contribution in [0.4, 0.5) is 0 Å². The van der Waals surface area contributed by atoms with Gasteiger partial charge in [0, 0.05) is 0 Å². The van der Waals surface area contributed by atoms with Crippen molar-refractivity contribution >= 4 is 0 Å². The van der Waals surface area contributed by atoms with Gasteiger partial charge in [-0.3, -0.25) is 0 Å². The van der Waals surface area contributed by atoms with Gasteiger partial charge in [0.2, 0.25) is 0 Å². The summed E-state index contributed by atoms with van der Waals surface area (Å²) in [6, 6.07) is 2.12. The smallest absolute Gasteiger partial charge is 0.134 e. The first kappa shape index (κ1) is 11.4. The van der Waals surface area contributed by atoms with Crippen molar-refractivity contribution in [1.29, 1.82) is 5.26 Å². The van der Waals surface area contributed by atoms with E-state index in [9.17, 15) is 0 Å². The molecule has 12 heavy (non-hydrogen) atoms. The lowest BCUT2D eigenvalue weighted by Crippen LogP contribution is -3.11. The molecule has 3 nitrogen and oxygen atoms in total. The molecule has 0 aliphatic heterocycles. The lowest BCUT2D eigenvalue weighted by Gasteiger charge is -2.25. The number of nitrogens with one attached hydrogen (secondary N) is 1. The van der Waals surface area contributed by atoms with Gasteiger partial charge in [-0.2, -0.15) is 15.2 Å². The van der Waals surface area contributed by atoms with Gasteiger partial charge in [-0.05, 0) is 27.7 Å². The average molecular weight is 171 g/mol. The Morgan fingerprint density at radius 3 is 2.17 bits per heavy atom. The Bertz CT molecular complexity index is 156. The number of hydrogen-bond donors (Lipinski definition) is 1. The van der Waals surface area contributed by atoms with Gasteiger partial charge >= 0.3 is 0 Å². The van der Waals surface area contributed by atoms with Gasteiger partial charge < -0.3 is 0 Å². The van der Waals surface area contributed by atoms with E-state index in [0.717, 1.165) is 18.2 Å². The summed E-state index contributed by atoms with van der Waals surface area (Å²) < 4.78 is 0. The molecule has 0 aromatic rings. The molecule has 0 bridgehead atoms. The highest BCUT2D eigenvalue weighted by molar-refractivity contribution is 4.81. The van der Waals surface area contributed by atoms with Crippen molar-refractivity contribution < 1.29 is 9.90 Å². The standard InChI is InChI=1S/C9H18N2O/c1-5-11(6-2)12-9(3,4)7-8-10/h5-7H2,1-4H3/p+1. The molecule has 1 N–H and O–H groups in total. The highest BCUT2D eigenvalue weighted by atomic mass is 16.7. The predicted octanol–water partition coefficient (Wildman–Crippen LogP) is 0.535. The zero-order chi connectivity index (χ0) is 9.61.